The first-order valence-electron chi connectivity index (χ1n) is 10.7. The van der Waals surface area contributed by atoms with Crippen molar-refractivity contribution in [1.29, 1.82) is 0 Å². The molecule has 6 nitrogen and oxygen atoms in total. The molecule has 1 amide bonds. The number of carbonyl (C=O) groups excluding carboxylic acids is 2. The zero-order valence-electron chi connectivity index (χ0n) is 19.3. The smallest absolute Gasteiger partial charge is 0.418 e. The Kier molecular flexibility index (Phi) is 5.77. The monoisotopic (exact) mass is 495 g/mol. The Labute approximate surface area is 196 Å². The zero-order valence-corrected chi connectivity index (χ0v) is 19.3. The van der Waals surface area contributed by atoms with Gasteiger partial charge in [0.05, 0.1) is 22.9 Å². The SMILES string of the molecule is CC(C)OC(=O)C1=CN(C(=O)c2ccc(F)c(F)c2)CC(C)(C)c2c1[nH]n1ccc(C(F)(F)F)c21. The predicted molar refractivity (Wildman–Crippen MR) is 116 cm³/mol. The minimum absolute atomic E-state index is 0.0716. The van der Waals surface area contributed by atoms with Crippen molar-refractivity contribution >= 4 is 23.0 Å². The maximum Gasteiger partial charge on any atom is 0.418 e. The van der Waals surface area contributed by atoms with Gasteiger partial charge in [-0.2, -0.15) is 13.2 Å². The summed E-state index contributed by atoms with van der Waals surface area (Å²) in [4.78, 5) is 27.4. The van der Waals surface area contributed by atoms with Crippen molar-refractivity contribution in [3.8, 4) is 0 Å². The molecule has 0 saturated heterocycles. The van der Waals surface area contributed by atoms with Crippen LogP contribution in [-0.2, 0) is 21.1 Å². The summed E-state index contributed by atoms with van der Waals surface area (Å²) in [6.07, 6.45) is -2.84. The molecular weight excluding hydrogens is 473 g/mol. The molecule has 0 unspecified atom stereocenters. The molecule has 4 rings (SSSR count). The second-order valence-corrected chi connectivity index (χ2v) is 9.25. The van der Waals surface area contributed by atoms with E-state index in [1.807, 2.05) is 0 Å². The summed E-state index contributed by atoms with van der Waals surface area (Å²) in [5.74, 6) is -4.00. The highest BCUT2D eigenvalue weighted by atomic mass is 19.4. The number of H-pyrrole nitrogens is 1. The van der Waals surface area contributed by atoms with Crippen molar-refractivity contribution in [1.82, 2.24) is 14.5 Å². The van der Waals surface area contributed by atoms with Gasteiger partial charge in [-0.3, -0.25) is 14.4 Å². The number of hydrogen-bond donors (Lipinski definition) is 1. The maximum atomic E-state index is 13.8. The number of ether oxygens (including phenoxy) is 1. The van der Waals surface area contributed by atoms with Gasteiger partial charge in [0, 0.05) is 35.5 Å². The number of halogens is 5. The molecule has 0 aliphatic carbocycles. The molecule has 0 atom stereocenters. The second-order valence-electron chi connectivity index (χ2n) is 9.25. The molecule has 0 fully saturated rings. The number of alkyl halides is 3. The van der Waals surface area contributed by atoms with Crippen molar-refractivity contribution < 1.29 is 36.3 Å². The summed E-state index contributed by atoms with van der Waals surface area (Å²) in [6.45, 7) is 6.30. The fourth-order valence-electron chi connectivity index (χ4n) is 4.29. The number of esters is 1. The van der Waals surface area contributed by atoms with Gasteiger partial charge in [-0.25, -0.2) is 13.6 Å². The Morgan fingerprint density at radius 1 is 1.11 bits per heavy atom. The number of fused-ring (bicyclic) bond motifs is 3. The molecule has 1 aliphatic heterocycles. The van der Waals surface area contributed by atoms with E-state index in [1.54, 1.807) is 27.7 Å². The molecular formula is C24H22F5N3O3. The number of hydrogen-bond acceptors (Lipinski definition) is 3. The van der Waals surface area contributed by atoms with Crippen LogP contribution in [-0.4, -0.2) is 39.0 Å². The zero-order chi connectivity index (χ0) is 25.9. The minimum Gasteiger partial charge on any atom is -0.459 e. The Hall–Kier alpha value is -3.63. The van der Waals surface area contributed by atoms with E-state index in [0.717, 1.165) is 29.2 Å². The maximum absolute atomic E-state index is 13.8. The number of benzene rings is 1. The highest BCUT2D eigenvalue weighted by Crippen LogP contribution is 2.43. The van der Waals surface area contributed by atoms with Gasteiger partial charge in [0.15, 0.2) is 11.6 Å². The van der Waals surface area contributed by atoms with E-state index in [-0.39, 0.29) is 34.5 Å². The van der Waals surface area contributed by atoms with E-state index in [4.69, 9.17) is 4.74 Å². The van der Waals surface area contributed by atoms with Crippen LogP contribution < -0.4 is 0 Å². The molecule has 1 aromatic carbocycles. The lowest BCUT2D eigenvalue weighted by Gasteiger charge is -2.29. The van der Waals surface area contributed by atoms with Gasteiger partial charge in [-0.1, -0.05) is 13.8 Å². The molecule has 1 N–H and O–H groups in total. The van der Waals surface area contributed by atoms with Crippen molar-refractivity contribution in [2.75, 3.05) is 6.54 Å². The third-order valence-corrected chi connectivity index (χ3v) is 5.70. The van der Waals surface area contributed by atoms with Gasteiger partial charge >= 0.3 is 12.1 Å². The van der Waals surface area contributed by atoms with E-state index in [9.17, 15) is 31.5 Å². The van der Waals surface area contributed by atoms with Crippen LogP contribution in [0.15, 0.2) is 36.7 Å². The first-order chi connectivity index (χ1) is 16.2. The first kappa shape index (κ1) is 24.5. The number of aromatic amines is 1. The normalized spacial score (nSPS) is 15.7. The third kappa shape index (κ3) is 4.30. The number of aromatic nitrogens is 2. The van der Waals surface area contributed by atoms with Crippen LogP contribution in [0, 0.1) is 11.6 Å². The molecule has 11 heteroatoms. The van der Waals surface area contributed by atoms with Gasteiger partial charge in [0.25, 0.3) is 5.91 Å². The van der Waals surface area contributed by atoms with Gasteiger partial charge in [-0.05, 0) is 38.1 Å². The summed E-state index contributed by atoms with van der Waals surface area (Å²) in [5, 5.41) is 2.82. The number of nitrogens with zero attached hydrogens (tertiary/aromatic N) is 2. The van der Waals surface area contributed by atoms with Crippen LogP contribution >= 0.6 is 0 Å². The van der Waals surface area contributed by atoms with Gasteiger partial charge in [0.2, 0.25) is 0 Å². The van der Waals surface area contributed by atoms with E-state index >= 15 is 0 Å². The average molecular weight is 495 g/mol. The molecule has 0 bridgehead atoms. The molecule has 35 heavy (non-hydrogen) atoms. The van der Waals surface area contributed by atoms with Crippen molar-refractivity contribution in [2.45, 2.75) is 45.4 Å². The van der Waals surface area contributed by atoms with E-state index in [1.165, 1.54) is 16.9 Å². The average Bonchev–Trinajstić information content (AvgIpc) is 3.27. The third-order valence-electron chi connectivity index (χ3n) is 5.70. The van der Waals surface area contributed by atoms with Crippen molar-refractivity contribution in [3.05, 3.63) is 70.7 Å². The summed E-state index contributed by atoms with van der Waals surface area (Å²) >= 11 is 0. The Balaban J connectivity index is 1.93. The summed E-state index contributed by atoms with van der Waals surface area (Å²) in [6, 6.07) is 3.53. The summed E-state index contributed by atoms with van der Waals surface area (Å²) < 4.78 is 75.1. The highest BCUT2D eigenvalue weighted by Gasteiger charge is 2.42. The molecule has 2 aromatic heterocycles. The van der Waals surface area contributed by atoms with Crippen LogP contribution in [0.5, 0.6) is 0 Å². The number of carbonyl (C=O) groups is 2. The van der Waals surface area contributed by atoms with E-state index < -0.39 is 46.8 Å². The fourth-order valence-corrected chi connectivity index (χ4v) is 4.29. The van der Waals surface area contributed by atoms with Crippen LogP contribution in [0.1, 0.15) is 54.9 Å². The molecule has 186 valence electrons. The Morgan fingerprint density at radius 3 is 2.40 bits per heavy atom. The lowest BCUT2D eigenvalue weighted by molar-refractivity contribution is -0.140. The van der Waals surface area contributed by atoms with Crippen LogP contribution in [0.25, 0.3) is 11.1 Å². The Bertz CT molecular complexity index is 1360. The van der Waals surface area contributed by atoms with Gasteiger partial charge in [-0.15, -0.1) is 0 Å². The quantitative estimate of drug-likeness (QED) is 0.397. The lowest BCUT2D eigenvalue weighted by atomic mass is 9.82. The highest BCUT2D eigenvalue weighted by molar-refractivity contribution is 6.17. The van der Waals surface area contributed by atoms with E-state index in [2.05, 4.69) is 5.10 Å². The lowest BCUT2D eigenvalue weighted by Crippen LogP contribution is -2.37. The molecule has 0 radical (unpaired) electrons. The standard InChI is InChI=1S/C24H22F5N3O3/c1-12(2)35-22(34)14-10-31(21(33)13-5-6-16(25)17(26)9-13)11-23(3,4)18-19(14)30-32-8-7-15(20(18)32)24(27,28)29/h5-10,12,30H,11H2,1-4H3. The summed E-state index contributed by atoms with van der Waals surface area (Å²) in [7, 11) is 0. The molecule has 1 aliphatic rings. The van der Waals surface area contributed by atoms with E-state index in [0.29, 0.717) is 0 Å². The largest absolute Gasteiger partial charge is 0.459 e. The van der Waals surface area contributed by atoms with Gasteiger partial charge < -0.3 is 9.64 Å². The number of nitrogens with one attached hydrogen (secondary N) is 1. The first-order valence-corrected chi connectivity index (χ1v) is 10.7. The second kappa shape index (κ2) is 8.24. The van der Waals surface area contributed by atoms with Crippen molar-refractivity contribution in [2.24, 2.45) is 0 Å². The Morgan fingerprint density at radius 2 is 1.80 bits per heavy atom. The number of amides is 1. The molecule has 0 saturated carbocycles. The van der Waals surface area contributed by atoms with Crippen molar-refractivity contribution in [3.63, 3.8) is 0 Å². The van der Waals surface area contributed by atoms with Crippen LogP contribution in [0.2, 0.25) is 0 Å². The minimum atomic E-state index is -4.67. The molecule has 3 aromatic rings. The van der Waals surface area contributed by atoms with Crippen LogP contribution in [0.4, 0.5) is 22.0 Å². The van der Waals surface area contributed by atoms with Crippen LogP contribution in [0.3, 0.4) is 0 Å². The number of rotatable bonds is 3. The predicted octanol–water partition coefficient (Wildman–Crippen LogP) is 5.29. The molecule has 0 spiro atoms. The summed E-state index contributed by atoms with van der Waals surface area (Å²) in [5.41, 5.74) is -2.32. The fraction of sp³-hybridized carbons (Fsp3) is 0.333. The van der Waals surface area contributed by atoms with Gasteiger partial charge in [0.1, 0.15) is 5.57 Å². The molecule has 3 heterocycles. The topological polar surface area (TPSA) is 66.8 Å².